The topological polar surface area (TPSA) is 81.3 Å². The Labute approximate surface area is 220 Å². The van der Waals surface area contributed by atoms with Crippen LogP contribution in [-0.4, -0.2) is 72.2 Å². The fourth-order valence-electron chi connectivity index (χ4n) is 5.27. The van der Waals surface area contributed by atoms with Crippen molar-refractivity contribution in [3.05, 3.63) is 42.5 Å². The van der Waals surface area contributed by atoms with Crippen LogP contribution in [0.1, 0.15) is 32.5 Å². The number of hydrogen-bond acceptors (Lipinski definition) is 6. The molecule has 1 fully saturated rings. The Bertz CT molecular complexity index is 1500. The van der Waals surface area contributed by atoms with Crippen molar-refractivity contribution in [3.63, 3.8) is 0 Å². The number of aromatic nitrogens is 5. The quantitative estimate of drug-likeness (QED) is 0.350. The minimum Gasteiger partial charge on any atom is -0.372 e. The predicted molar refractivity (Wildman–Crippen MR) is 135 cm³/mol. The van der Waals surface area contributed by atoms with Gasteiger partial charge in [-0.05, 0) is 39.0 Å². The number of urea groups is 1. The Kier molecular flexibility index (Phi) is 5.94. The number of thiophene rings is 1. The number of fused-ring (bicyclic) bond motifs is 2. The van der Waals surface area contributed by atoms with E-state index in [2.05, 4.69) is 10.1 Å². The maximum absolute atomic E-state index is 13.3. The number of halogens is 3. The molecule has 0 saturated carbocycles. The van der Waals surface area contributed by atoms with E-state index in [1.54, 1.807) is 12.3 Å². The number of alkyl halides is 3. The molecule has 0 aromatic carbocycles. The number of rotatable bonds is 2. The molecular formula is C25H26F3N7O2S. The molecule has 2 amide bonds. The third kappa shape index (κ3) is 4.43. The van der Waals surface area contributed by atoms with Crippen molar-refractivity contribution < 1.29 is 22.7 Å². The van der Waals surface area contributed by atoms with E-state index < -0.39 is 6.30 Å². The van der Waals surface area contributed by atoms with Gasteiger partial charge < -0.3 is 14.5 Å². The van der Waals surface area contributed by atoms with E-state index in [0.29, 0.717) is 42.1 Å². The molecule has 0 radical (unpaired) electrons. The van der Waals surface area contributed by atoms with Crippen LogP contribution in [0.2, 0.25) is 0 Å². The Balaban J connectivity index is 1.29. The lowest BCUT2D eigenvalue weighted by molar-refractivity contribution is -0.212. The van der Waals surface area contributed by atoms with Crippen LogP contribution in [0.4, 0.5) is 18.0 Å². The van der Waals surface area contributed by atoms with Gasteiger partial charge in [-0.15, -0.1) is 24.5 Å². The van der Waals surface area contributed by atoms with Crippen LogP contribution in [-0.2, 0) is 17.6 Å². The third-order valence-electron chi connectivity index (χ3n) is 6.84. The van der Waals surface area contributed by atoms with Gasteiger partial charge in [0.2, 0.25) is 0 Å². The molecule has 9 nitrogen and oxygen atoms in total. The Hall–Kier alpha value is -3.45. The van der Waals surface area contributed by atoms with Gasteiger partial charge in [0.1, 0.15) is 0 Å². The number of ether oxygens (including phenoxy) is 1. The molecule has 4 aromatic rings. The highest BCUT2D eigenvalue weighted by Gasteiger charge is 2.34. The summed E-state index contributed by atoms with van der Waals surface area (Å²) in [6, 6.07) is 5.60. The Morgan fingerprint density at radius 3 is 2.58 bits per heavy atom. The SMILES string of the molecule is C[C@@H]1CN(C(=O)N2Cc3cc(-c4ccnc5cc(-c6cnn(C(F)(F)F)c6)sc45)nn3[C@@H](C)C2)C[C@H](C)O1. The maximum atomic E-state index is 13.3. The van der Waals surface area contributed by atoms with Crippen molar-refractivity contribution >= 4 is 27.6 Å². The number of nitrogens with zero attached hydrogens (tertiary/aromatic N) is 7. The van der Waals surface area contributed by atoms with Crippen LogP contribution in [0.15, 0.2) is 36.8 Å². The van der Waals surface area contributed by atoms with Crippen LogP contribution >= 0.6 is 11.3 Å². The first-order valence-corrected chi connectivity index (χ1v) is 13.2. The lowest BCUT2D eigenvalue weighted by Crippen LogP contribution is -2.54. The molecule has 38 heavy (non-hydrogen) atoms. The summed E-state index contributed by atoms with van der Waals surface area (Å²) in [7, 11) is 0. The molecule has 0 bridgehead atoms. The molecule has 4 aromatic heterocycles. The lowest BCUT2D eigenvalue weighted by atomic mass is 10.1. The van der Waals surface area contributed by atoms with Gasteiger partial charge in [-0.25, -0.2) is 4.79 Å². The second-order valence-electron chi connectivity index (χ2n) is 9.96. The van der Waals surface area contributed by atoms with Gasteiger partial charge in [-0.2, -0.15) is 14.9 Å². The van der Waals surface area contributed by atoms with E-state index in [-0.39, 0.29) is 29.0 Å². The third-order valence-corrected chi connectivity index (χ3v) is 8.05. The minimum absolute atomic E-state index is 0.00135. The number of hydrogen-bond donors (Lipinski definition) is 0. The van der Waals surface area contributed by atoms with Gasteiger partial charge in [0.15, 0.2) is 0 Å². The van der Waals surface area contributed by atoms with E-state index in [1.165, 1.54) is 17.5 Å². The molecule has 3 atom stereocenters. The first-order valence-electron chi connectivity index (χ1n) is 12.4. The Morgan fingerprint density at radius 2 is 1.87 bits per heavy atom. The monoisotopic (exact) mass is 545 g/mol. The van der Waals surface area contributed by atoms with Crippen molar-refractivity contribution in [3.8, 4) is 21.7 Å². The first-order chi connectivity index (χ1) is 18.1. The van der Waals surface area contributed by atoms with Gasteiger partial charge in [0.05, 0.1) is 52.6 Å². The van der Waals surface area contributed by atoms with E-state index in [0.717, 1.165) is 27.8 Å². The number of amides is 2. The molecule has 1 saturated heterocycles. The summed E-state index contributed by atoms with van der Waals surface area (Å²) in [5, 5.41) is 8.31. The van der Waals surface area contributed by atoms with E-state index in [1.807, 2.05) is 47.4 Å². The number of pyridine rings is 1. The summed E-state index contributed by atoms with van der Waals surface area (Å²) in [6.07, 6.45) is -0.729. The molecule has 0 aliphatic carbocycles. The van der Waals surface area contributed by atoms with Crippen molar-refractivity contribution in [1.82, 2.24) is 34.3 Å². The summed E-state index contributed by atoms with van der Waals surface area (Å²) in [4.78, 5) is 22.1. The minimum atomic E-state index is -4.57. The zero-order valence-electron chi connectivity index (χ0n) is 21.0. The fraction of sp³-hybridized carbons (Fsp3) is 0.440. The highest BCUT2D eigenvalue weighted by Crippen LogP contribution is 2.39. The molecule has 2 aliphatic heterocycles. The van der Waals surface area contributed by atoms with E-state index in [9.17, 15) is 18.0 Å². The van der Waals surface area contributed by atoms with Crippen LogP contribution in [0, 0.1) is 0 Å². The van der Waals surface area contributed by atoms with Crippen LogP contribution < -0.4 is 0 Å². The van der Waals surface area contributed by atoms with E-state index >= 15 is 0 Å². The first kappa shape index (κ1) is 24.9. The molecule has 13 heteroatoms. The van der Waals surface area contributed by atoms with Crippen molar-refractivity contribution in [2.45, 2.75) is 51.9 Å². The summed E-state index contributed by atoms with van der Waals surface area (Å²) in [6.45, 7) is 8.11. The molecule has 6 heterocycles. The second-order valence-corrected chi connectivity index (χ2v) is 11.0. The number of morpholine rings is 1. The van der Waals surface area contributed by atoms with Crippen molar-refractivity contribution in [2.75, 3.05) is 19.6 Å². The van der Waals surface area contributed by atoms with Crippen LogP contribution in [0.5, 0.6) is 0 Å². The molecule has 0 N–H and O–H groups in total. The summed E-state index contributed by atoms with van der Waals surface area (Å²) in [5.74, 6) is 0. The van der Waals surface area contributed by atoms with Gasteiger partial charge in [-0.3, -0.25) is 9.67 Å². The second kappa shape index (κ2) is 9.09. The Morgan fingerprint density at radius 1 is 1.11 bits per heavy atom. The molecule has 2 aliphatic rings. The van der Waals surface area contributed by atoms with Gasteiger partial charge in [0, 0.05) is 48.0 Å². The fourth-order valence-corrected chi connectivity index (χ4v) is 6.38. The lowest BCUT2D eigenvalue weighted by Gasteiger charge is -2.40. The zero-order chi connectivity index (χ0) is 26.8. The zero-order valence-corrected chi connectivity index (χ0v) is 21.8. The number of carbonyl (C=O) groups excluding carboxylic acids is 1. The van der Waals surface area contributed by atoms with Crippen molar-refractivity contribution in [2.24, 2.45) is 0 Å². The van der Waals surface area contributed by atoms with Crippen LogP contribution in [0.25, 0.3) is 31.9 Å². The largest absolute Gasteiger partial charge is 0.504 e. The molecule has 0 unspecified atom stereocenters. The van der Waals surface area contributed by atoms with Crippen molar-refractivity contribution in [1.29, 1.82) is 0 Å². The smallest absolute Gasteiger partial charge is 0.372 e. The standard InChI is InChI=1S/C25H26F3N7O2S/c1-14-9-32(24(36)33-10-15(2)37-16(3)11-33)13-18-6-20(31-35(14)18)19-4-5-29-21-7-22(38-23(19)21)17-8-30-34(12-17)25(26,27)28/h4-8,12,14-16H,9-11,13H2,1-3H3/t14-,15-,16+/m0/s1. The maximum Gasteiger partial charge on any atom is 0.504 e. The summed E-state index contributed by atoms with van der Waals surface area (Å²) >= 11 is 1.35. The van der Waals surface area contributed by atoms with Crippen LogP contribution in [0.3, 0.4) is 0 Å². The molecular weight excluding hydrogens is 519 g/mol. The van der Waals surface area contributed by atoms with Gasteiger partial charge in [-0.1, -0.05) is 0 Å². The molecule has 200 valence electrons. The molecule has 0 spiro atoms. The highest BCUT2D eigenvalue weighted by molar-refractivity contribution is 7.22. The van der Waals surface area contributed by atoms with Gasteiger partial charge in [0.25, 0.3) is 0 Å². The average Bonchev–Trinajstić information content (AvgIpc) is 3.59. The van der Waals surface area contributed by atoms with E-state index in [4.69, 9.17) is 9.84 Å². The summed E-state index contributed by atoms with van der Waals surface area (Å²) < 4.78 is 47.6. The number of carbonyl (C=O) groups is 1. The highest BCUT2D eigenvalue weighted by atomic mass is 32.1. The average molecular weight is 546 g/mol. The van der Waals surface area contributed by atoms with Gasteiger partial charge >= 0.3 is 12.3 Å². The normalized spacial score (nSPS) is 22.2. The molecule has 6 rings (SSSR count). The predicted octanol–water partition coefficient (Wildman–Crippen LogP) is 5.11. The summed E-state index contributed by atoms with van der Waals surface area (Å²) in [5.41, 5.74) is 3.55.